The van der Waals surface area contributed by atoms with Gasteiger partial charge in [0.15, 0.2) is 11.5 Å². The first-order valence-corrected chi connectivity index (χ1v) is 13.2. The number of halogens is 3. The summed E-state index contributed by atoms with van der Waals surface area (Å²) in [7, 11) is 1.58. The highest BCUT2D eigenvalue weighted by Crippen LogP contribution is 2.42. The molecule has 0 aliphatic carbocycles. The Morgan fingerprint density at radius 1 is 1.06 bits per heavy atom. The molecule has 0 spiro atoms. The maximum absolute atomic E-state index is 13.3. The van der Waals surface area contributed by atoms with Gasteiger partial charge in [0.2, 0.25) is 0 Å². The summed E-state index contributed by atoms with van der Waals surface area (Å²) >= 11 is 10.7. The second-order valence-corrected chi connectivity index (χ2v) is 10.5. The fraction of sp³-hybridized carbons (Fsp3) is 0.192. The Balaban J connectivity index is 1.75. The SMILES string of the molecule is COc1cc(C=Nn2c(C(C)C)nc3ccc(Br)cc3c2=O)c(Br)c(Br)c1OCc1ccccc1. The molecule has 0 N–H and O–H groups in total. The molecule has 0 saturated carbocycles. The van der Waals surface area contributed by atoms with Gasteiger partial charge in [-0.15, -0.1) is 0 Å². The third-order valence-electron chi connectivity index (χ3n) is 5.26. The minimum Gasteiger partial charge on any atom is -0.493 e. The monoisotopic (exact) mass is 661 g/mol. The third kappa shape index (κ3) is 5.52. The highest BCUT2D eigenvalue weighted by molar-refractivity contribution is 9.13. The number of hydrogen-bond donors (Lipinski definition) is 0. The van der Waals surface area contributed by atoms with Gasteiger partial charge in [0.05, 0.1) is 28.7 Å². The zero-order chi connectivity index (χ0) is 25.1. The molecule has 9 heteroatoms. The van der Waals surface area contributed by atoms with Crippen molar-refractivity contribution < 1.29 is 9.47 Å². The lowest BCUT2D eigenvalue weighted by Gasteiger charge is -2.16. The van der Waals surface area contributed by atoms with Crippen molar-refractivity contribution in [1.29, 1.82) is 0 Å². The van der Waals surface area contributed by atoms with Gasteiger partial charge in [0, 0.05) is 20.4 Å². The molecule has 0 atom stereocenters. The maximum Gasteiger partial charge on any atom is 0.282 e. The lowest BCUT2D eigenvalue weighted by atomic mass is 10.2. The number of benzene rings is 3. The number of ether oxygens (including phenoxy) is 2. The van der Waals surface area contributed by atoms with Gasteiger partial charge in [0.25, 0.3) is 5.56 Å². The van der Waals surface area contributed by atoms with Crippen LogP contribution in [-0.2, 0) is 6.61 Å². The average molecular weight is 664 g/mol. The first-order chi connectivity index (χ1) is 16.8. The average Bonchev–Trinajstić information content (AvgIpc) is 2.85. The van der Waals surface area contributed by atoms with Gasteiger partial charge < -0.3 is 9.47 Å². The summed E-state index contributed by atoms with van der Waals surface area (Å²) in [6.45, 7) is 4.35. The van der Waals surface area contributed by atoms with Crippen LogP contribution in [0.25, 0.3) is 10.9 Å². The van der Waals surface area contributed by atoms with Crippen molar-refractivity contribution in [2.24, 2.45) is 5.10 Å². The van der Waals surface area contributed by atoms with E-state index in [1.165, 1.54) is 4.68 Å². The molecular formula is C26H22Br3N3O3. The Hall–Kier alpha value is -2.49. The van der Waals surface area contributed by atoms with Gasteiger partial charge in [-0.05, 0) is 61.7 Å². The molecule has 0 aliphatic heterocycles. The van der Waals surface area contributed by atoms with Gasteiger partial charge in [0.1, 0.15) is 12.4 Å². The summed E-state index contributed by atoms with van der Waals surface area (Å²) in [5, 5.41) is 5.02. The molecule has 0 aliphatic rings. The van der Waals surface area contributed by atoms with E-state index < -0.39 is 0 Å². The molecule has 6 nitrogen and oxygen atoms in total. The van der Waals surface area contributed by atoms with Crippen molar-refractivity contribution in [3.05, 3.63) is 95.3 Å². The summed E-state index contributed by atoms with van der Waals surface area (Å²) in [6.07, 6.45) is 1.61. The van der Waals surface area contributed by atoms with E-state index in [4.69, 9.17) is 14.5 Å². The number of hydrogen-bond acceptors (Lipinski definition) is 5. The van der Waals surface area contributed by atoms with Crippen LogP contribution < -0.4 is 15.0 Å². The Bertz CT molecular complexity index is 1470. The Labute approximate surface area is 228 Å². The van der Waals surface area contributed by atoms with Crippen LogP contribution in [0.4, 0.5) is 0 Å². The Morgan fingerprint density at radius 2 is 1.80 bits per heavy atom. The van der Waals surface area contributed by atoms with Gasteiger partial charge in [-0.3, -0.25) is 4.79 Å². The van der Waals surface area contributed by atoms with Crippen molar-refractivity contribution >= 4 is 64.9 Å². The first-order valence-electron chi connectivity index (χ1n) is 10.8. The standard InChI is InChI=1S/C26H22Br3N3O3/c1-15(2)25-31-20-10-9-18(27)12-19(20)26(33)32(25)30-13-17-11-21(34-3)24(23(29)22(17)28)35-14-16-7-5-4-6-8-16/h4-13,15H,14H2,1-3H3. The molecule has 4 rings (SSSR count). The van der Waals surface area contributed by atoms with E-state index in [2.05, 4.69) is 52.9 Å². The predicted octanol–water partition coefficient (Wildman–Crippen LogP) is 7.28. The number of nitrogens with zero attached hydrogens (tertiary/aromatic N) is 3. The van der Waals surface area contributed by atoms with Gasteiger partial charge in [-0.25, -0.2) is 4.98 Å². The summed E-state index contributed by atoms with van der Waals surface area (Å²) < 4.78 is 15.2. The number of fused-ring (bicyclic) bond motifs is 1. The molecule has 0 saturated heterocycles. The molecule has 180 valence electrons. The zero-order valence-corrected chi connectivity index (χ0v) is 24.0. The van der Waals surface area contributed by atoms with Crippen LogP contribution in [0, 0.1) is 0 Å². The molecule has 0 fully saturated rings. The molecule has 0 unspecified atom stereocenters. The van der Waals surface area contributed by atoms with E-state index in [0.717, 1.165) is 14.5 Å². The lowest BCUT2D eigenvalue weighted by molar-refractivity contribution is 0.282. The van der Waals surface area contributed by atoms with Crippen molar-refractivity contribution in [3.8, 4) is 11.5 Å². The van der Waals surface area contributed by atoms with Crippen LogP contribution in [-0.4, -0.2) is 23.0 Å². The minimum absolute atomic E-state index is 0.00799. The number of aromatic nitrogens is 2. The van der Waals surface area contributed by atoms with E-state index in [1.54, 1.807) is 19.4 Å². The van der Waals surface area contributed by atoms with Crippen LogP contribution in [0.15, 0.2) is 77.9 Å². The van der Waals surface area contributed by atoms with Crippen LogP contribution in [0.3, 0.4) is 0 Å². The molecule has 0 bridgehead atoms. The van der Waals surface area contributed by atoms with Gasteiger partial charge in [-0.2, -0.15) is 9.78 Å². The second kappa shape index (κ2) is 11.1. The molecule has 1 aromatic heterocycles. The first kappa shape index (κ1) is 25.6. The Morgan fingerprint density at radius 3 is 2.49 bits per heavy atom. The van der Waals surface area contributed by atoms with E-state index in [1.807, 2.05) is 62.4 Å². The summed E-state index contributed by atoms with van der Waals surface area (Å²) in [4.78, 5) is 18.0. The van der Waals surface area contributed by atoms with Crippen LogP contribution >= 0.6 is 47.8 Å². The normalized spacial score (nSPS) is 11.5. The highest BCUT2D eigenvalue weighted by Gasteiger charge is 2.18. The van der Waals surface area contributed by atoms with Crippen molar-refractivity contribution in [2.45, 2.75) is 26.4 Å². The Kier molecular flexibility index (Phi) is 8.09. The zero-order valence-electron chi connectivity index (χ0n) is 19.3. The van der Waals surface area contributed by atoms with Gasteiger partial charge in [-0.1, -0.05) is 60.1 Å². The molecule has 4 aromatic rings. The summed E-state index contributed by atoms with van der Waals surface area (Å²) in [5.41, 5.74) is 2.15. The van der Waals surface area contributed by atoms with Crippen LogP contribution in [0.5, 0.6) is 11.5 Å². The molecule has 0 radical (unpaired) electrons. The number of methoxy groups -OCH3 is 1. The number of rotatable bonds is 7. The summed E-state index contributed by atoms with van der Waals surface area (Å²) in [6, 6.07) is 17.2. The van der Waals surface area contributed by atoms with E-state index in [-0.39, 0.29) is 11.5 Å². The highest BCUT2D eigenvalue weighted by atomic mass is 79.9. The second-order valence-electron chi connectivity index (χ2n) is 8.05. The van der Waals surface area contributed by atoms with Crippen LogP contribution in [0.1, 0.15) is 36.7 Å². The maximum atomic E-state index is 13.3. The van der Waals surface area contributed by atoms with E-state index in [0.29, 0.717) is 44.9 Å². The molecule has 1 heterocycles. The topological polar surface area (TPSA) is 65.7 Å². The minimum atomic E-state index is -0.235. The van der Waals surface area contributed by atoms with Crippen LogP contribution in [0.2, 0.25) is 0 Å². The molecular weight excluding hydrogens is 642 g/mol. The fourth-order valence-electron chi connectivity index (χ4n) is 3.49. The lowest BCUT2D eigenvalue weighted by Crippen LogP contribution is -2.23. The predicted molar refractivity (Wildman–Crippen MR) is 150 cm³/mol. The molecule has 0 amide bonds. The fourth-order valence-corrected chi connectivity index (χ4v) is 4.78. The largest absolute Gasteiger partial charge is 0.493 e. The van der Waals surface area contributed by atoms with E-state index in [9.17, 15) is 4.79 Å². The third-order valence-corrected chi connectivity index (χ3v) is 7.90. The molecule has 3 aromatic carbocycles. The van der Waals surface area contributed by atoms with Crippen molar-refractivity contribution in [2.75, 3.05) is 7.11 Å². The quantitative estimate of drug-likeness (QED) is 0.195. The van der Waals surface area contributed by atoms with Gasteiger partial charge >= 0.3 is 0 Å². The van der Waals surface area contributed by atoms with E-state index >= 15 is 0 Å². The van der Waals surface area contributed by atoms with Crippen molar-refractivity contribution in [1.82, 2.24) is 9.66 Å². The molecule has 35 heavy (non-hydrogen) atoms. The summed E-state index contributed by atoms with van der Waals surface area (Å²) in [5.74, 6) is 1.67. The van der Waals surface area contributed by atoms with Crippen molar-refractivity contribution in [3.63, 3.8) is 0 Å². The smallest absolute Gasteiger partial charge is 0.282 e.